The maximum atomic E-state index is 5.92. The highest BCUT2D eigenvalue weighted by atomic mass is 14.6. The third-order valence-corrected chi connectivity index (χ3v) is 3.72. The summed E-state index contributed by atoms with van der Waals surface area (Å²) in [6, 6.07) is 0. The second-order valence-corrected chi connectivity index (χ2v) is 6.42. The van der Waals surface area contributed by atoms with Gasteiger partial charge in [-0.25, -0.2) is 0 Å². The summed E-state index contributed by atoms with van der Waals surface area (Å²) in [5, 5.41) is 0. The molecular formula is C13H27N. The Kier molecular flexibility index (Phi) is 3.63. The van der Waals surface area contributed by atoms with Gasteiger partial charge in [-0.1, -0.05) is 40.5 Å². The van der Waals surface area contributed by atoms with E-state index in [1.807, 2.05) is 0 Å². The summed E-state index contributed by atoms with van der Waals surface area (Å²) >= 11 is 0. The highest BCUT2D eigenvalue weighted by Crippen LogP contribution is 2.49. The maximum Gasteiger partial charge on any atom is -0.00229 e. The molecule has 0 aliphatic heterocycles. The lowest BCUT2D eigenvalue weighted by Gasteiger charge is -2.46. The molecule has 2 unspecified atom stereocenters. The molecule has 1 fully saturated rings. The molecule has 0 aromatic rings. The van der Waals surface area contributed by atoms with Crippen molar-refractivity contribution in [3.05, 3.63) is 0 Å². The summed E-state index contributed by atoms with van der Waals surface area (Å²) in [6.45, 7) is 10.3. The number of nitrogens with two attached hydrogens (primary N) is 1. The Hall–Kier alpha value is -0.0400. The first-order valence-electron chi connectivity index (χ1n) is 6.11. The van der Waals surface area contributed by atoms with Crippen molar-refractivity contribution < 1.29 is 0 Å². The summed E-state index contributed by atoms with van der Waals surface area (Å²) in [5.41, 5.74) is 6.83. The molecule has 0 spiro atoms. The standard InChI is InChI=1S/C13H27N/c1-5-6-11-7-12(2,3)9-13(4,8-11)10-14/h11H,5-10,14H2,1-4H3. The summed E-state index contributed by atoms with van der Waals surface area (Å²) < 4.78 is 0. The van der Waals surface area contributed by atoms with Gasteiger partial charge in [0.15, 0.2) is 0 Å². The summed E-state index contributed by atoms with van der Waals surface area (Å²) in [7, 11) is 0. The van der Waals surface area contributed by atoms with Gasteiger partial charge in [0.2, 0.25) is 0 Å². The molecule has 0 aromatic heterocycles. The van der Waals surface area contributed by atoms with E-state index < -0.39 is 0 Å². The predicted molar refractivity (Wildman–Crippen MR) is 63.2 cm³/mol. The van der Waals surface area contributed by atoms with Gasteiger partial charge >= 0.3 is 0 Å². The third kappa shape index (κ3) is 2.98. The van der Waals surface area contributed by atoms with Crippen molar-refractivity contribution >= 4 is 0 Å². The fourth-order valence-electron chi connectivity index (χ4n) is 3.62. The molecule has 1 aliphatic rings. The minimum atomic E-state index is 0.404. The van der Waals surface area contributed by atoms with Crippen LogP contribution in [0.15, 0.2) is 0 Å². The van der Waals surface area contributed by atoms with E-state index >= 15 is 0 Å². The van der Waals surface area contributed by atoms with Crippen LogP contribution in [0.2, 0.25) is 0 Å². The minimum absolute atomic E-state index is 0.404. The molecule has 0 saturated heterocycles. The molecule has 14 heavy (non-hydrogen) atoms. The monoisotopic (exact) mass is 197 g/mol. The summed E-state index contributed by atoms with van der Waals surface area (Å²) in [5.74, 6) is 0.914. The molecule has 1 aliphatic carbocycles. The normalized spacial score (nSPS) is 37.1. The number of hydrogen-bond acceptors (Lipinski definition) is 1. The van der Waals surface area contributed by atoms with E-state index in [9.17, 15) is 0 Å². The van der Waals surface area contributed by atoms with Gasteiger partial charge in [0.05, 0.1) is 0 Å². The van der Waals surface area contributed by atoms with E-state index in [-0.39, 0.29) is 0 Å². The van der Waals surface area contributed by atoms with E-state index in [4.69, 9.17) is 5.73 Å². The van der Waals surface area contributed by atoms with Crippen molar-refractivity contribution in [3.8, 4) is 0 Å². The largest absolute Gasteiger partial charge is 0.330 e. The van der Waals surface area contributed by atoms with Crippen LogP contribution in [-0.4, -0.2) is 6.54 Å². The molecule has 0 bridgehead atoms. The molecule has 2 N–H and O–H groups in total. The van der Waals surface area contributed by atoms with E-state index in [1.165, 1.54) is 32.1 Å². The Balaban J connectivity index is 2.67. The molecule has 2 atom stereocenters. The van der Waals surface area contributed by atoms with Crippen LogP contribution in [0.3, 0.4) is 0 Å². The Morgan fingerprint density at radius 1 is 1.21 bits per heavy atom. The average molecular weight is 197 g/mol. The SMILES string of the molecule is CCCC1CC(C)(C)CC(C)(CN)C1. The summed E-state index contributed by atoms with van der Waals surface area (Å²) in [6.07, 6.45) is 6.76. The molecule has 1 heteroatoms. The van der Waals surface area contributed by atoms with Gasteiger partial charge in [-0.2, -0.15) is 0 Å². The van der Waals surface area contributed by atoms with Crippen LogP contribution in [0.25, 0.3) is 0 Å². The minimum Gasteiger partial charge on any atom is -0.330 e. The van der Waals surface area contributed by atoms with Crippen LogP contribution in [0.5, 0.6) is 0 Å². The lowest BCUT2D eigenvalue weighted by Crippen LogP contribution is -2.40. The van der Waals surface area contributed by atoms with Crippen LogP contribution in [0.1, 0.15) is 59.8 Å². The van der Waals surface area contributed by atoms with Crippen molar-refractivity contribution in [1.82, 2.24) is 0 Å². The van der Waals surface area contributed by atoms with E-state index in [2.05, 4.69) is 27.7 Å². The van der Waals surface area contributed by atoms with Crippen molar-refractivity contribution in [3.63, 3.8) is 0 Å². The molecule has 1 saturated carbocycles. The Morgan fingerprint density at radius 3 is 2.36 bits per heavy atom. The molecule has 0 radical (unpaired) electrons. The van der Waals surface area contributed by atoms with Crippen LogP contribution >= 0.6 is 0 Å². The fourth-order valence-corrected chi connectivity index (χ4v) is 3.62. The second-order valence-electron chi connectivity index (χ2n) is 6.42. The van der Waals surface area contributed by atoms with Crippen LogP contribution < -0.4 is 5.73 Å². The Morgan fingerprint density at radius 2 is 1.86 bits per heavy atom. The van der Waals surface area contributed by atoms with Gasteiger partial charge in [-0.15, -0.1) is 0 Å². The topological polar surface area (TPSA) is 26.0 Å². The highest BCUT2D eigenvalue weighted by molar-refractivity contribution is 4.91. The van der Waals surface area contributed by atoms with Gasteiger partial charge in [0.25, 0.3) is 0 Å². The molecule has 0 aromatic carbocycles. The van der Waals surface area contributed by atoms with Crippen LogP contribution in [-0.2, 0) is 0 Å². The zero-order chi connectivity index (χ0) is 10.8. The van der Waals surface area contributed by atoms with Gasteiger partial charge < -0.3 is 5.73 Å². The van der Waals surface area contributed by atoms with Gasteiger partial charge in [0, 0.05) is 0 Å². The molecular weight excluding hydrogens is 170 g/mol. The fraction of sp³-hybridized carbons (Fsp3) is 1.00. The lowest BCUT2D eigenvalue weighted by atomic mass is 9.60. The first kappa shape index (κ1) is 12.0. The Labute approximate surface area is 89.5 Å². The first-order chi connectivity index (χ1) is 6.41. The first-order valence-corrected chi connectivity index (χ1v) is 6.11. The summed E-state index contributed by atoms with van der Waals surface area (Å²) in [4.78, 5) is 0. The molecule has 0 amide bonds. The van der Waals surface area contributed by atoms with Crippen molar-refractivity contribution in [2.75, 3.05) is 6.54 Å². The number of rotatable bonds is 3. The smallest absolute Gasteiger partial charge is 0.00229 e. The van der Waals surface area contributed by atoms with Gasteiger partial charge in [-0.3, -0.25) is 0 Å². The zero-order valence-electron chi connectivity index (χ0n) is 10.4. The molecule has 84 valence electrons. The van der Waals surface area contributed by atoms with E-state index in [1.54, 1.807) is 0 Å². The molecule has 0 heterocycles. The number of hydrogen-bond donors (Lipinski definition) is 1. The molecule has 1 nitrogen and oxygen atoms in total. The van der Waals surface area contributed by atoms with Crippen molar-refractivity contribution in [2.24, 2.45) is 22.5 Å². The van der Waals surface area contributed by atoms with Crippen LogP contribution in [0, 0.1) is 16.7 Å². The average Bonchev–Trinajstić information content (AvgIpc) is 2.01. The second kappa shape index (κ2) is 4.22. The van der Waals surface area contributed by atoms with E-state index in [0.717, 1.165) is 12.5 Å². The predicted octanol–water partition coefficient (Wildman–Crippen LogP) is 3.58. The van der Waals surface area contributed by atoms with E-state index in [0.29, 0.717) is 10.8 Å². The third-order valence-electron chi connectivity index (χ3n) is 3.72. The lowest BCUT2D eigenvalue weighted by molar-refractivity contribution is 0.0563. The maximum absolute atomic E-state index is 5.92. The van der Waals surface area contributed by atoms with Gasteiger partial charge in [0.1, 0.15) is 0 Å². The van der Waals surface area contributed by atoms with Gasteiger partial charge in [-0.05, 0) is 42.6 Å². The zero-order valence-corrected chi connectivity index (χ0v) is 10.4. The quantitative estimate of drug-likeness (QED) is 0.735. The van der Waals surface area contributed by atoms with Crippen LogP contribution in [0.4, 0.5) is 0 Å². The molecule has 1 rings (SSSR count). The van der Waals surface area contributed by atoms with Crippen molar-refractivity contribution in [1.29, 1.82) is 0 Å². The van der Waals surface area contributed by atoms with Crippen molar-refractivity contribution in [2.45, 2.75) is 59.8 Å². The highest BCUT2D eigenvalue weighted by Gasteiger charge is 2.39. The Bertz CT molecular complexity index is 186.